The van der Waals surface area contributed by atoms with Gasteiger partial charge in [0, 0.05) is 0 Å². The molecule has 0 N–H and O–H groups in total. The first-order valence-electron chi connectivity index (χ1n) is 12.1. The Morgan fingerprint density at radius 3 is 2.35 bits per heavy atom. The summed E-state index contributed by atoms with van der Waals surface area (Å²) in [5, 5.41) is 0. The third-order valence-electron chi connectivity index (χ3n) is 8.10. The van der Waals surface area contributed by atoms with Gasteiger partial charge >= 0.3 is 6.36 Å². The molecule has 3 fully saturated rings. The number of fused-ring (bicyclic) bond motifs is 3. The molecule has 31 heavy (non-hydrogen) atoms. The van der Waals surface area contributed by atoms with Crippen molar-refractivity contribution in [2.75, 3.05) is 0 Å². The third kappa shape index (κ3) is 5.46. The molecule has 0 bridgehead atoms. The van der Waals surface area contributed by atoms with Crippen molar-refractivity contribution in [1.29, 1.82) is 0 Å². The number of halogens is 4. The highest BCUT2D eigenvalue weighted by Crippen LogP contribution is 2.55. The average molecular weight is 439 g/mol. The predicted octanol–water partition coefficient (Wildman–Crippen LogP) is 8.41. The minimum Gasteiger partial charge on any atom is -0.403 e. The Kier molecular flexibility index (Phi) is 6.98. The molecule has 3 aliphatic rings. The van der Waals surface area contributed by atoms with Crippen LogP contribution >= 0.6 is 0 Å². The molecule has 172 valence electrons. The predicted molar refractivity (Wildman–Crippen MR) is 114 cm³/mol. The molecule has 5 heteroatoms. The van der Waals surface area contributed by atoms with E-state index >= 15 is 0 Å². The van der Waals surface area contributed by atoms with Gasteiger partial charge in [-0.05, 0) is 111 Å². The molecule has 1 aromatic carbocycles. The normalized spacial score (nSPS) is 33.7. The monoisotopic (exact) mass is 438 g/mol. The minimum absolute atomic E-state index is 0.237. The van der Waals surface area contributed by atoms with E-state index in [1.807, 2.05) is 0 Å². The second-order valence-corrected chi connectivity index (χ2v) is 9.96. The van der Waals surface area contributed by atoms with Gasteiger partial charge in [-0.15, -0.1) is 13.2 Å². The van der Waals surface area contributed by atoms with Gasteiger partial charge in [-0.2, -0.15) is 0 Å². The molecule has 0 heterocycles. The van der Waals surface area contributed by atoms with Crippen LogP contribution in [0.25, 0.3) is 0 Å². The zero-order valence-corrected chi connectivity index (χ0v) is 18.3. The lowest BCUT2D eigenvalue weighted by molar-refractivity contribution is -0.275. The summed E-state index contributed by atoms with van der Waals surface area (Å²) < 4.78 is 55.2. The van der Waals surface area contributed by atoms with E-state index in [9.17, 15) is 17.6 Å². The number of benzene rings is 1. The topological polar surface area (TPSA) is 9.23 Å². The maximum Gasteiger partial charge on any atom is 0.573 e. The number of hydrogen-bond acceptors (Lipinski definition) is 1. The molecule has 6 unspecified atom stereocenters. The molecule has 1 aromatic rings. The highest BCUT2D eigenvalue weighted by atomic mass is 19.4. The number of unbranched alkanes of at least 4 members (excludes halogenated alkanes) is 1. The standard InChI is InChI=1S/C26H34F4O/c1-2-3-4-5-17-6-11-22-20(14-17)7-8-21-15-18(9-12-23(21)22)19-10-13-25(24(27)16-19)31-26(28,29)30/h4-5,10,13,16-18,20-23H,2-3,6-9,11-12,14-15H2,1H3. The molecule has 0 aromatic heterocycles. The Balaban J connectivity index is 1.36. The number of rotatable bonds is 5. The van der Waals surface area contributed by atoms with E-state index in [-0.39, 0.29) is 5.92 Å². The smallest absolute Gasteiger partial charge is 0.403 e. The van der Waals surface area contributed by atoms with Crippen LogP contribution in [0.3, 0.4) is 0 Å². The summed E-state index contributed by atoms with van der Waals surface area (Å²) in [4.78, 5) is 0. The Bertz CT molecular complexity index is 771. The van der Waals surface area contributed by atoms with E-state index in [1.54, 1.807) is 6.07 Å². The SMILES string of the molecule is CCCC=CC1CCC2C(CCC3CC(c4ccc(OC(F)(F)F)c(F)c4)CCC32)C1. The number of hydrogen-bond donors (Lipinski definition) is 0. The van der Waals surface area contributed by atoms with Gasteiger partial charge in [0.1, 0.15) is 0 Å². The van der Waals surface area contributed by atoms with Gasteiger partial charge < -0.3 is 4.74 Å². The Hall–Kier alpha value is -1.52. The van der Waals surface area contributed by atoms with Crippen LogP contribution in [0, 0.1) is 35.4 Å². The molecule has 4 rings (SSSR count). The van der Waals surface area contributed by atoms with Gasteiger partial charge in [0.05, 0.1) is 0 Å². The lowest BCUT2D eigenvalue weighted by Crippen LogP contribution is -2.41. The van der Waals surface area contributed by atoms with Crippen molar-refractivity contribution in [2.45, 2.75) is 83.4 Å². The van der Waals surface area contributed by atoms with Crippen LogP contribution in [0.1, 0.15) is 82.6 Å². The van der Waals surface area contributed by atoms with Gasteiger partial charge in [-0.3, -0.25) is 0 Å². The highest BCUT2D eigenvalue weighted by molar-refractivity contribution is 5.32. The number of allylic oxidation sites excluding steroid dienone is 2. The summed E-state index contributed by atoms with van der Waals surface area (Å²) in [6, 6.07) is 4.01. The van der Waals surface area contributed by atoms with Crippen molar-refractivity contribution in [3.05, 3.63) is 41.7 Å². The van der Waals surface area contributed by atoms with Crippen LogP contribution in [0.15, 0.2) is 30.4 Å². The van der Waals surface area contributed by atoms with Crippen molar-refractivity contribution >= 4 is 0 Å². The first kappa shape index (κ1) is 22.7. The Morgan fingerprint density at radius 1 is 0.968 bits per heavy atom. The Labute approximate surface area is 183 Å². The third-order valence-corrected chi connectivity index (χ3v) is 8.10. The molecule has 0 aliphatic heterocycles. The zero-order valence-electron chi connectivity index (χ0n) is 18.3. The lowest BCUT2D eigenvalue weighted by atomic mass is 9.55. The summed E-state index contributed by atoms with van der Waals surface area (Å²) >= 11 is 0. The highest BCUT2D eigenvalue weighted by Gasteiger charge is 2.44. The summed E-state index contributed by atoms with van der Waals surface area (Å²) in [5.74, 6) is 2.44. The first-order chi connectivity index (χ1) is 14.8. The van der Waals surface area contributed by atoms with Gasteiger partial charge in [0.2, 0.25) is 0 Å². The maximum atomic E-state index is 14.2. The molecule has 0 spiro atoms. The van der Waals surface area contributed by atoms with Gasteiger partial charge in [0.25, 0.3) is 0 Å². The summed E-state index contributed by atoms with van der Waals surface area (Å²) in [5.41, 5.74) is 0.817. The Morgan fingerprint density at radius 2 is 1.68 bits per heavy atom. The molecule has 6 atom stereocenters. The van der Waals surface area contributed by atoms with Crippen molar-refractivity contribution in [1.82, 2.24) is 0 Å². The molecule has 0 radical (unpaired) electrons. The van der Waals surface area contributed by atoms with E-state index in [0.29, 0.717) is 5.92 Å². The number of ether oxygens (including phenoxy) is 1. The van der Waals surface area contributed by atoms with Crippen LogP contribution < -0.4 is 4.74 Å². The van der Waals surface area contributed by atoms with Crippen molar-refractivity contribution in [3.8, 4) is 5.75 Å². The summed E-state index contributed by atoms with van der Waals surface area (Å²) in [7, 11) is 0. The molecular formula is C26H34F4O. The number of alkyl halides is 3. The van der Waals surface area contributed by atoms with Crippen molar-refractivity contribution < 1.29 is 22.3 Å². The van der Waals surface area contributed by atoms with Gasteiger partial charge in [0.15, 0.2) is 11.6 Å². The molecule has 0 amide bonds. The van der Waals surface area contributed by atoms with E-state index in [4.69, 9.17) is 0 Å². The van der Waals surface area contributed by atoms with Gasteiger partial charge in [-0.1, -0.05) is 31.6 Å². The van der Waals surface area contributed by atoms with Crippen LogP contribution in [0.4, 0.5) is 17.6 Å². The summed E-state index contributed by atoms with van der Waals surface area (Å²) in [6.07, 6.45) is 12.1. The lowest BCUT2D eigenvalue weighted by Gasteiger charge is -2.50. The van der Waals surface area contributed by atoms with Crippen LogP contribution in [0.2, 0.25) is 0 Å². The van der Waals surface area contributed by atoms with Crippen LogP contribution in [0.5, 0.6) is 5.75 Å². The molecule has 1 nitrogen and oxygen atoms in total. The zero-order chi connectivity index (χ0) is 22.0. The first-order valence-corrected chi connectivity index (χ1v) is 12.1. The van der Waals surface area contributed by atoms with Gasteiger partial charge in [-0.25, -0.2) is 4.39 Å². The fourth-order valence-corrected chi connectivity index (χ4v) is 6.74. The second-order valence-electron chi connectivity index (χ2n) is 9.96. The van der Waals surface area contributed by atoms with E-state index in [1.165, 1.54) is 51.0 Å². The molecule has 3 aliphatic carbocycles. The molecular weight excluding hydrogens is 404 g/mol. The fraction of sp³-hybridized carbons (Fsp3) is 0.692. The minimum atomic E-state index is -4.87. The largest absolute Gasteiger partial charge is 0.573 e. The van der Waals surface area contributed by atoms with Crippen LogP contribution in [-0.2, 0) is 0 Å². The van der Waals surface area contributed by atoms with Crippen molar-refractivity contribution in [2.24, 2.45) is 29.6 Å². The van der Waals surface area contributed by atoms with E-state index in [2.05, 4.69) is 23.8 Å². The fourth-order valence-electron chi connectivity index (χ4n) is 6.74. The molecule has 0 saturated heterocycles. The average Bonchev–Trinajstić information content (AvgIpc) is 2.74. The van der Waals surface area contributed by atoms with Crippen molar-refractivity contribution in [3.63, 3.8) is 0 Å². The maximum absolute atomic E-state index is 14.2. The quantitative estimate of drug-likeness (QED) is 0.331. The van der Waals surface area contributed by atoms with E-state index in [0.717, 1.165) is 54.6 Å². The van der Waals surface area contributed by atoms with Crippen LogP contribution in [-0.4, -0.2) is 6.36 Å². The summed E-state index contributed by atoms with van der Waals surface area (Å²) in [6.45, 7) is 2.22. The molecule has 3 saturated carbocycles. The second kappa shape index (κ2) is 9.54. The van der Waals surface area contributed by atoms with E-state index < -0.39 is 17.9 Å².